The summed E-state index contributed by atoms with van der Waals surface area (Å²) in [6.07, 6.45) is 3.32. The third-order valence-corrected chi connectivity index (χ3v) is 5.48. The quantitative estimate of drug-likeness (QED) is 0.566. The summed E-state index contributed by atoms with van der Waals surface area (Å²) in [4.78, 5) is 31.9. The number of amides is 2. The molecule has 3 heterocycles. The van der Waals surface area contributed by atoms with Gasteiger partial charge >= 0.3 is 6.09 Å². The van der Waals surface area contributed by atoms with E-state index in [4.69, 9.17) is 4.74 Å². The lowest BCUT2D eigenvalue weighted by molar-refractivity contribution is 0.0351. The number of fused-ring (bicyclic) bond motifs is 1. The maximum absolute atomic E-state index is 13.4. The summed E-state index contributed by atoms with van der Waals surface area (Å²) in [5.41, 5.74) is 2.74. The van der Waals surface area contributed by atoms with Crippen molar-refractivity contribution in [1.29, 1.82) is 0 Å². The maximum Gasteiger partial charge on any atom is 0.414 e. The van der Waals surface area contributed by atoms with Gasteiger partial charge in [-0.05, 0) is 70.0 Å². The number of nitrogens with one attached hydrogen (secondary N) is 2. The molecule has 0 spiro atoms. The Morgan fingerprint density at radius 3 is 2.60 bits per heavy atom. The van der Waals surface area contributed by atoms with Crippen molar-refractivity contribution in [3.8, 4) is 0 Å². The highest BCUT2D eigenvalue weighted by atomic mass is 19.1. The molecule has 1 aliphatic rings. The van der Waals surface area contributed by atoms with E-state index >= 15 is 0 Å². The molecule has 0 bridgehead atoms. The van der Waals surface area contributed by atoms with Gasteiger partial charge in [0.1, 0.15) is 11.4 Å². The second-order valence-electron chi connectivity index (χ2n) is 9.34. The number of halogens is 1. The van der Waals surface area contributed by atoms with Gasteiger partial charge in [0, 0.05) is 18.3 Å². The number of hydrogen-bond donors (Lipinski definition) is 2. The lowest BCUT2D eigenvalue weighted by Crippen LogP contribution is -2.39. The second kappa shape index (κ2) is 9.69. The zero-order valence-corrected chi connectivity index (χ0v) is 20.1. The fourth-order valence-electron chi connectivity index (χ4n) is 3.83. The molecule has 0 fully saturated rings. The molecule has 9 heteroatoms. The number of ether oxygens (including phenoxy) is 1. The number of aromatic nitrogens is 3. The van der Waals surface area contributed by atoms with Crippen LogP contribution >= 0.6 is 0 Å². The van der Waals surface area contributed by atoms with Crippen LogP contribution in [0.25, 0.3) is 11.8 Å². The van der Waals surface area contributed by atoms with Gasteiger partial charge in [-0.15, -0.1) is 0 Å². The number of pyridine rings is 1. The minimum Gasteiger partial charge on any atom is -0.443 e. The van der Waals surface area contributed by atoms with E-state index in [0.717, 1.165) is 5.69 Å². The van der Waals surface area contributed by atoms with Gasteiger partial charge < -0.3 is 10.1 Å². The van der Waals surface area contributed by atoms with Crippen LogP contribution in [-0.4, -0.2) is 44.2 Å². The molecule has 1 atom stereocenters. The van der Waals surface area contributed by atoms with E-state index in [0.29, 0.717) is 35.5 Å². The number of benzene rings is 1. The minimum absolute atomic E-state index is 0.261. The summed E-state index contributed by atoms with van der Waals surface area (Å²) in [5.74, 6) is -0.699. The Morgan fingerprint density at radius 1 is 1.20 bits per heavy atom. The molecule has 0 aliphatic carbocycles. The molecule has 0 saturated heterocycles. The highest BCUT2D eigenvalue weighted by Crippen LogP contribution is 2.32. The van der Waals surface area contributed by atoms with E-state index in [1.807, 2.05) is 25.1 Å². The first-order valence-corrected chi connectivity index (χ1v) is 11.4. The van der Waals surface area contributed by atoms with Crippen LogP contribution in [0.3, 0.4) is 0 Å². The zero-order chi connectivity index (χ0) is 25.2. The van der Waals surface area contributed by atoms with Crippen LogP contribution < -0.4 is 5.32 Å². The van der Waals surface area contributed by atoms with E-state index in [-0.39, 0.29) is 23.5 Å². The highest BCUT2D eigenvalue weighted by molar-refractivity contribution is 5.98. The summed E-state index contributed by atoms with van der Waals surface area (Å²) >= 11 is 0. The molecule has 1 aliphatic heterocycles. The van der Waals surface area contributed by atoms with E-state index in [1.165, 1.54) is 17.0 Å². The molecule has 182 valence electrons. The van der Waals surface area contributed by atoms with Crippen LogP contribution in [0.15, 0.2) is 48.7 Å². The SMILES string of the molecule is CC(NC(=O)c1n[nH]c2c1CCN(C(=O)OC(C)(C)C)/C2=C\c1ccc(F)cc1)c1ccccn1. The molecule has 4 rings (SSSR count). The van der Waals surface area contributed by atoms with E-state index in [9.17, 15) is 14.0 Å². The molecular formula is C26H28FN5O3. The fourth-order valence-corrected chi connectivity index (χ4v) is 3.83. The Kier molecular flexibility index (Phi) is 6.68. The maximum atomic E-state index is 13.4. The monoisotopic (exact) mass is 477 g/mol. The normalized spacial score (nSPS) is 15.5. The van der Waals surface area contributed by atoms with Crippen LogP contribution in [0, 0.1) is 5.82 Å². The number of hydrogen-bond acceptors (Lipinski definition) is 5. The number of carbonyl (C=O) groups excluding carboxylic acids is 2. The summed E-state index contributed by atoms with van der Waals surface area (Å²) in [6.45, 7) is 7.54. The van der Waals surface area contributed by atoms with Gasteiger partial charge in [0.2, 0.25) is 0 Å². The predicted octanol–water partition coefficient (Wildman–Crippen LogP) is 4.73. The molecule has 3 aromatic rings. The molecule has 2 N–H and O–H groups in total. The summed E-state index contributed by atoms with van der Waals surface area (Å²) < 4.78 is 19.0. The van der Waals surface area contributed by atoms with E-state index in [2.05, 4.69) is 20.5 Å². The van der Waals surface area contributed by atoms with Crippen molar-refractivity contribution >= 4 is 23.8 Å². The average molecular weight is 478 g/mol. The molecular weight excluding hydrogens is 449 g/mol. The number of nitrogens with zero attached hydrogens (tertiary/aromatic N) is 3. The molecule has 0 saturated carbocycles. The topological polar surface area (TPSA) is 100 Å². The Hall–Kier alpha value is -4.01. The third-order valence-electron chi connectivity index (χ3n) is 5.48. The molecule has 8 nitrogen and oxygen atoms in total. The lowest BCUT2D eigenvalue weighted by Gasteiger charge is -2.32. The second-order valence-corrected chi connectivity index (χ2v) is 9.34. The fraction of sp³-hybridized carbons (Fsp3) is 0.308. The molecule has 2 aromatic heterocycles. The standard InChI is InChI=1S/C26H28FN5O3/c1-16(20-7-5-6-13-28-20)29-24(33)23-19-12-14-32(25(34)35-26(2,3)4)21(22(19)30-31-23)15-17-8-10-18(27)11-9-17/h5-11,13,15-16H,12,14H2,1-4H3,(H,29,33)(H,30,31)/b21-15-. The Labute approximate surface area is 203 Å². The van der Waals surface area contributed by atoms with E-state index in [1.54, 1.807) is 45.2 Å². The van der Waals surface area contributed by atoms with Crippen molar-refractivity contribution in [2.45, 2.75) is 45.8 Å². The van der Waals surface area contributed by atoms with Crippen molar-refractivity contribution in [2.24, 2.45) is 0 Å². The first-order valence-electron chi connectivity index (χ1n) is 11.4. The molecule has 2 amide bonds. The van der Waals surface area contributed by atoms with Crippen LogP contribution in [0.5, 0.6) is 0 Å². The Balaban J connectivity index is 1.67. The molecule has 1 aromatic carbocycles. The molecule has 35 heavy (non-hydrogen) atoms. The van der Waals surface area contributed by atoms with Crippen molar-refractivity contribution in [3.05, 3.63) is 82.7 Å². The Bertz CT molecular complexity index is 1250. The van der Waals surface area contributed by atoms with Gasteiger partial charge in [0.15, 0.2) is 5.69 Å². The number of carbonyl (C=O) groups is 2. The van der Waals surface area contributed by atoms with Crippen LogP contribution in [0.2, 0.25) is 0 Å². The van der Waals surface area contributed by atoms with Crippen molar-refractivity contribution < 1.29 is 18.7 Å². The number of H-pyrrole nitrogens is 1. The Morgan fingerprint density at radius 2 is 1.94 bits per heavy atom. The predicted molar refractivity (Wildman–Crippen MR) is 130 cm³/mol. The summed E-state index contributed by atoms with van der Waals surface area (Å²) in [7, 11) is 0. The van der Waals surface area contributed by atoms with Gasteiger partial charge in [0.05, 0.1) is 23.1 Å². The first-order chi connectivity index (χ1) is 16.6. The van der Waals surface area contributed by atoms with Crippen molar-refractivity contribution in [1.82, 2.24) is 25.4 Å². The van der Waals surface area contributed by atoms with E-state index < -0.39 is 11.7 Å². The van der Waals surface area contributed by atoms with Crippen molar-refractivity contribution in [2.75, 3.05) is 6.54 Å². The van der Waals surface area contributed by atoms with Crippen LogP contribution in [-0.2, 0) is 11.2 Å². The third kappa shape index (κ3) is 5.56. The number of aromatic amines is 1. The number of rotatable bonds is 4. The van der Waals surface area contributed by atoms with Gasteiger partial charge in [-0.3, -0.25) is 19.8 Å². The van der Waals surface area contributed by atoms with Gasteiger partial charge in [-0.25, -0.2) is 9.18 Å². The summed E-state index contributed by atoms with van der Waals surface area (Å²) in [6, 6.07) is 11.1. The van der Waals surface area contributed by atoms with Gasteiger partial charge in [-0.1, -0.05) is 18.2 Å². The van der Waals surface area contributed by atoms with Crippen LogP contribution in [0.1, 0.15) is 66.7 Å². The molecule has 1 unspecified atom stereocenters. The smallest absolute Gasteiger partial charge is 0.414 e. The lowest BCUT2D eigenvalue weighted by atomic mass is 9.99. The largest absolute Gasteiger partial charge is 0.443 e. The first kappa shape index (κ1) is 24.1. The zero-order valence-electron chi connectivity index (χ0n) is 20.1. The molecule has 0 radical (unpaired) electrons. The van der Waals surface area contributed by atoms with Gasteiger partial charge in [0.25, 0.3) is 5.91 Å². The van der Waals surface area contributed by atoms with Gasteiger partial charge in [-0.2, -0.15) is 5.10 Å². The summed E-state index contributed by atoms with van der Waals surface area (Å²) in [5, 5.41) is 10.1. The average Bonchev–Trinajstić information content (AvgIpc) is 3.25. The highest BCUT2D eigenvalue weighted by Gasteiger charge is 2.34. The minimum atomic E-state index is -0.682. The van der Waals surface area contributed by atoms with Crippen molar-refractivity contribution in [3.63, 3.8) is 0 Å². The van der Waals surface area contributed by atoms with Crippen LogP contribution in [0.4, 0.5) is 9.18 Å².